The van der Waals surface area contributed by atoms with Crippen LogP contribution >= 0.6 is 0 Å². The molecule has 0 aliphatic carbocycles. The highest BCUT2D eigenvalue weighted by Gasteiger charge is 2.37. The van der Waals surface area contributed by atoms with Gasteiger partial charge in [-0.05, 0) is 32.6 Å². The highest BCUT2D eigenvalue weighted by atomic mass is 28.4. The van der Waals surface area contributed by atoms with Gasteiger partial charge in [-0.1, -0.05) is 64.7 Å². The molecule has 0 aliphatic rings. The summed E-state index contributed by atoms with van der Waals surface area (Å²) >= 11 is 0. The summed E-state index contributed by atoms with van der Waals surface area (Å²) in [5.41, 5.74) is 6.20. The van der Waals surface area contributed by atoms with E-state index in [2.05, 4.69) is 20.8 Å². The number of hydrogen-bond acceptors (Lipinski definition) is 4. The van der Waals surface area contributed by atoms with Crippen LogP contribution in [0.3, 0.4) is 0 Å². The average Bonchev–Trinajstić information content (AvgIpc) is 2.57. The first-order valence-corrected chi connectivity index (χ1v) is 12.2. The molecule has 0 aromatic carbocycles. The zero-order chi connectivity index (χ0) is 19.2. The van der Waals surface area contributed by atoms with Crippen molar-refractivity contribution in [1.82, 2.24) is 0 Å². The van der Waals surface area contributed by atoms with E-state index in [1.807, 2.05) is 0 Å². The van der Waals surface area contributed by atoms with Crippen LogP contribution in [-0.4, -0.2) is 35.7 Å². The molecule has 0 saturated heterocycles. The average molecular weight is 376 g/mol. The number of unbranched alkanes of at least 4 members (excludes halogenated alkanes) is 6. The molecule has 1 atom stereocenters. The predicted molar refractivity (Wildman–Crippen MR) is 110 cm³/mol. The van der Waals surface area contributed by atoms with Crippen LogP contribution in [0.5, 0.6) is 0 Å². The zero-order valence-electron chi connectivity index (χ0n) is 17.9. The minimum Gasteiger partial charge on any atom is -0.377 e. The van der Waals surface area contributed by atoms with Crippen molar-refractivity contribution in [2.75, 3.05) is 21.3 Å². The van der Waals surface area contributed by atoms with E-state index in [1.54, 1.807) is 21.3 Å². The summed E-state index contributed by atoms with van der Waals surface area (Å²) < 4.78 is 16.6. The lowest BCUT2D eigenvalue weighted by Gasteiger charge is -2.28. The third kappa shape index (κ3) is 13.0. The Kier molecular flexibility index (Phi) is 14.2. The van der Waals surface area contributed by atoms with E-state index in [9.17, 15) is 0 Å². The van der Waals surface area contributed by atoms with E-state index >= 15 is 0 Å². The molecule has 0 heterocycles. The van der Waals surface area contributed by atoms with Crippen LogP contribution in [0.1, 0.15) is 91.4 Å². The largest absolute Gasteiger partial charge is 0.500 e. The molecular weight excluding hydrogens is 330 g/mol. The molecule has 0 bridgehead atoms. The van der Waals surface area contributed by atoms with E-state index in [1.165, 1.54) is 57.8 Å². The minimum atomic E-state index is -2.43. The monoisotopic (exact) mass is 375 g/mol. The van der Waals surface area contributed by atoms with Crippen molar-refractivity contribution in [1.29, 1.82) is 0 Å². The van der Waals surface area contributed by atoms with E-state index in [4.69, 9.17) is 19.0 Å². The summed E-state index contributed by atoms with van der Waals surface area (Å²) in [6, 6.07) is 0.884. The van der Waals surface area contributed by atoms with Crippen LogP contribution in [0.2, 0.25) is 6.04 Å². The molecule has 1 unspecified atom stereocenters. The maximum atomic E-state index is 6.29. The van der Waals surface area contributed by atoms with Crippen LogP contribution in [0.15, 0.2) is 0 Å². The first-order chi connectivity index (χ1) is 11.8. The Morgan fingerprint density at radius 3 is 1.76 bits per heavy atom. The molecule has 0 amide bonds. The highest BCUT2D eigenvalue weighted by Crippen LogP contribution is 2.27. The van der Waals surface area contributed by atoms with Crippen molar-refractivity contribution in [3.05, 3.63) is 0 Å². The topological polar surface area (TPSA) is 53.7 Å². The summed E-state index contributed by atoms with van der Waals surface area (Å²) in [4.78, 5) is 0. The molecule has 4 nitrogen and oxygen atoms in total. The lowest BCUT2D eigenvalue weighted by atomic mass is 9.85. The maximum Gasteiger partial charge on any atom is 0.500 e. The van der Waals surface area contributed by atoms with Gasteiger partial charge in [0.15, 0.2) is 0 Å². The fraction of sp³-hybridized carbons (Fsp3) is 1.00. The molecule has 0 aromatic rings. The van der Waals surface area contributed by atoms with Crippen LogP contribution < -0.4 is 5.73 Å². The highest BCUT2D eigenvalue weighted by molar-refractivity contribution is 6.60. The standard InChI is InChI=1S/C20H45NO3Si/c1-7-8-9-10-11-12-13-15-19(18-20(2,3)21)16-14-17-25(22-4,23-5)24-6/h19H,7-18,21H2,1-6H3. The van der Waals surface area contributed by atoms with Crippen LogP contribution in [0, 0.1) is 5.92 Å². The number of rotatable bonds is 17. The van der Waals surface area contributed by atoms with Crippen molar-refractivity contribution in [3.8, 4) is 0 Å². The van der Waals surface area contributed by atoms with Gasteiger partial charge in [0.2, 0.25) is 0 Å². The lowest BCUT2D eigenvalue weighted by Crippen LogP contribution is -2.42. The Labute approximate surface area is 158 Å². The van der Waals surface area contributed by atoms with Gasteiger partial charge in [0.1, 0.15) is 0 Å². The van der Waals surface area contributed by atoms with Crippen molar-refractivity contribution in [2.45, 2.75) is 103 Å². The molecule has 0 saturated carbocycles. The van der Waals surface area contributed by atoms with E-state index in [0.29, 0.717) is 5.92 Å². The van der Waals surface area contributed by atoms with Crippen LogP contribution in [-0.2, 0) is 13.3 Å². The van der Waals surface area contributed by atoms with Gasteiger partial charge in [-0.25, -0.2) is 0 Å². The predicted octanol–water partition coefficient (Wildman–Crippen LogP) is 5.53. The molecule has 0 rings (SSSR count). The molecule has 2 N–H and O–H groups in total. The van der Waals surface area contributed by atoms with E-state index in [-0.39, 0.29) is 5.54 Å². The van der Waals surface area contributed by atoms with Gasteiger partial charge in [0, 0.05) is 32.9 Å². The molecule has 0 aromatic heterocycles. The van der Waals surface area contributed by atoms with Crippen molar-refractivity contribution in [2.24, 2.45) is 11.7 Å². The second-order valence-electron chi connectivity index (χ2n) is 8.16. The van der Waals surface area contributed by atoms with Gasteiger partial charge in [0.05, 0.1) is 0 Å². The maximum absolute atomic E-state index is 6.29. The van der Waals surface area contributed by atoms with Gasteiger partial charge in [-0.2, -0.15) is 0 Å². The minimum absolute atomic E-state index is 0.0932. The second-order valence-corrected chi connectivity index (χ2v) is 11.2. The van der Waals surface area contributed by atoms with Gasteiger partial charge in [-0.3, -0.25) is 0 Å². The van der Waals surface area contributed by atoms with Crippen LogP contribution in [0.25, 0.3) is 0 Å². The van der Waals surface area contributed by atoms with Crippen molar-refractivity contribution < 1.29 is 13.3 Å². The third-order valence-electron chi connectivity index (χ3n) is 5.06. The Balaban J connectivity index is 4.21. The zero-order valence-corrected chi connectivity index (χ0v) is 18.9. The summed E-state index contributed by atoms with van der Waals surface area (Å²) in [5.74, 6) is 0.688. The Hall–Kier alpha value is 0.0569. The van der Waals surface area contributed by atoms with Gasteiger partial charge >= 0.3 is 8.80 Å². The van der Waals surface area contributed by atoms with Crippen molar-refractivity contribution in [3.63, 3.8) is 0 Å². The van der Waals surface area contributed by atoms with E-state index < -0.39 is 8.80 Å². The van der Waals surface area contributed by atoms with E-state index in [0.717, 1.165) is 18.9 Å². The molecule has 5 heteroatoms. The number of nitrogens with two attached hydrogens (primary N) is 1. The normalized spacial score (nSPS) is 14.0. The fourth-order valence-corrected chi connectivity index (χ4v) is 5.40. The SMILES string of the molecule is CCCCCCCCCC(CCC[Si](OC)(OC)OC)CC(C)(C)N. The smallest absolute Gasteiger partial charge is 0.377 e. The molecule has 0 radical (unpaired) electrons. The molecule has 25 heavy (non-hydrogen) atoms. The van der Waals surface area contributed by atoms with Gasteiger partial charge in [0.25, 0.3) is 0 Å². The summed E-state index contributed by atoms with van der Waals surface area (Å²) in [6.07, 6.45) is 14.2. The van der Waals surface area contributed by atoms with Crippen LogP contribution in [0.4, 0.5) is 0 Å². The molecule has 152 valence electrons. The summed E-state index contributed by atoms with van der Waals surface area (Å²) in [5, 5.41) is 0. The summed E-state index contributed by atoms with van der Waals surface area (Å²) in [7, 11) is 2.65. The Morgan fingerprint density at radius 2 is 1.28 bits per heavy atom. The second kappa shape index (κ2) is 14.2. The molecule has 0 spiro atoms. The first kappa shape index (κ1) is 25.1. The third-order valence-corrected chi connectivity index (χ3v) is 7.89. The molecular formula is C20H45NO3Si. The number of hydrogen-bond donors (Lipinski definition) is 1. The summed E-state index contributed by atoms with van der Waals surface area (Å²) in [6.45, 7) is 6.56. The fourth-order valence-electron chi connectivity index (χ4n) is 3.65. The Morgan fingerprint density at radius 1 is 0.800 bits per heavy atom. The van der Waals surface area contributed by atoms with Gasteiger partial charge < -0.3 is 19.0 Å². The Bertz CT molecular complexity index is 296. The van der Waals surface area contributed by atoms with Crippen molar-refractivity contribution >= 4 is 8.80 Å². The van der Waals surface area contributed by atoms with Gasteiger partial charge in [-0.15, -0.1) is 0 Å². The quantitative estimate of drug-likeness (QED) is 0.268. The molecule has 0 fully saturated rings. The first-order valence-electron chi connectivity index (χ1n) is 10.3. The molecule has 0 aliphatic heterocycles. The lowest BCUT2D eigenvalue weighted by molar-refractivity contribution is 0.122.